The molecule has 1 aromatic rings. The number of unbranched alkanes of at least 4 members (excludes halogenated alkanes) is 3. The minimum atomic E-state index is 0.835. The van der Waals surface area contributed by atoms with Crippen LogP contribution < -0.4 is 11.5 Å². The van der Waals surface area contributed by atoms with Gasteiger partial charge in [-0.3, -0.25) is 0 Å². The van der Waals surface area contributed by atoms with E-state index in [9.17, 15) is 0 Å². The lowest BCUT2D eigenvalue weighted by Crippen LogP contribution is -2.00. The molecule has 108 valence electrons. The maximum Gasteiger partial charge on any atom is 0.0466 e. The van der Waals surface area contributed by atoms with Crippen molar-refractivity contribution in [2.75, 3.05) is 24.7 Å². The van der Waals surface area contributed by atoms with Crippen molar-refractivity contribution in [1.82, 2.24) is 0 Å². The van der Waals surface area contributed by atoms with Gasteiger partial charge in [0.1, 0.15) is 0 Å². The molecule has 1 aromatic carbocycles. The topological polar surface area (TPSA) is 61.3 Å². The average molecular weight is 264 g/mol. The molecule has 0 unspecified atom stereocenters. The monoisotopic (exact) mass is 264 g/mol. The fourth-order valence-corrected chi connectivity index (χ4v) is 2.15. The van der Waals surface area contributed by atoms with Crippen LogP contribution in [0.15, 0.2) is 18.2 Å². The molecule has 19 heavy (non-hydrogen) atoms. The van der Waals surface area contributed by atoms with Crippen molar-refractivity contribution in [2.45, 2.75) is 51.9 Å². The largest absolute Gasteiger partial charge is 0.398 e. The first-order valence-electron chi connectivity index (χ1n) is 7.46. The Morgan fingerprint density at radius 1 is 1.00 bits per heavy atom. The van der Waals surface area contributed by atoms with Crippen molar-refractivity contribution < 1.29 is 4.74 Å². The van der Waals surface area contributed by atoms with Gasteiger partial charge < -0.3 is 16.2 Å². The maximum absolute atomic E-state index is 5.86. The van der Waals surface area contributed by atoms with Gasteiger partial charge in [-0.1, -0.05) is 32.3 Å². The highest BCUT2D eigenvalue weighted by molar-refractivity contribution is 5.61. The van der Waals surface area contributed by atoms with E-state index < -0.39 is 0 Å². The molecule has 3 heteroatoms. The van der Waals surface area contributed by atoms with Crippen LogP contribution >= 0.6 is 0 Å². The molecular weight excluding hydrogens is 236 g/mol. The van der Waals surface area contributed by atoms with Crippen LogP contribution in [0.25, 0.3) is 0 Å². The third-order valence-electron chi connectivity index (χ3n) is 3.36. The lowest BCUT2D eigenvalue weighted by Gasteiger charge is -2.08. The number of hydrogen-bond acceptors (Lipinski definition) is 3. The molecule has 0 spiro atoms. The lowest BCUT2D eigenvalue weighted by atomic mass is 10.0. The first kappa shape index (κ1) is 15.8. The highest BCUT2D eigenvalue weighted by Gasteiger charge is 2.02. The number of anilines is 2. The van der Waals surface area contributed by atoms with Crippen LogP contribution in [0, 0.1) is 0 Å². The van der Waals surface area contributed by atoms with Crippen LogP contribution in [-0.4, -0.2) is 13.2 Å². The Kier molecular flexibility index (Phi) is 8.07. The molecule has 0 radical (unpaired) electrons. The molecule has 1 aliphatic rings. The van der Waals surface area contributed by atoms with Gasteiger partial charge in [0.05, 0.1) is 0 Å². The van der Waals surface area contributed by atoms with Gasteiger partial charge in [0.25, 0.3) is 0 Å². The van der Waals surface area contributed by atoms with E-state index in [2.05, 4.69) is 6.92 Å². The number of rotatable bonds is 5. The zero-order valence-corrected chi connectivity index (χ0v) is 12.2. The highest BCUT2D eigenvalue weighted by Crippen LogP contribution is 2.21. The molecular formula is C16H28N2O. The number of benzene rings is 1. The maximum atomic E-state index is 5.86. The number of ether oxygens (including phenoxy) is 1. The van der Waals surface area contributed by atoms with Gasteiger partial charge in [0.2, 0.25) is 0 Å². The molecule has 1 saturated heterocycles. The molecule has 0 bridgehead atoms. The van der Waals surface area contributed by atoms with E-state index in [1.54, 1.807) is 0 Å². The molecule has 0 aromatic heterocycles. The summed E-state index contributed by atoms with van der Waals surface area (Å²) in [5, 5.41) is 0. The molecule has 2 rings (SSSR count). The molecule has 3 nitrogen and oxygen atoms in total. The second-order valence-corrected chi connectivity index (χ2v) is 5.05. The summed E-state index contributed by atoms with van der Waals surface area (Å²) in [5.41, 5.74) is 14.5. The van der Waals surface area contributed by atoms with Crippen molar-refractivity contribution in [1.29, 1.82) is 0 Å². The fraction of sp³-hybridized carbons (Fsp3) is 0.625. The molecule has 1 heterocycles. The van der Waals surface area contributed by atoms with E-state index in [1.807, 2.05) is 18.2 Å². The molecule has 0 saturated carbocycles. The SMILES string of the molecule is C1CCOC1.CCCCCCc1c(N)cccc1N. The van der Waals surface area contributed by atoms with E-state index in [0.717, 1.165) is 36.6 Å². The van der Waals surface area contributed by atoms with Crippen LogP contribution in [-0.2, 0) is 11.2 Å². The molecule has 0 amide bonds. The van der Waals surface area contributed by atoms with Crippen molar-refractivity contribution in [3.8, 4) is 0 Å². The minimum Gasteiger partial charge on any atom is -0.398 e. The normalized spacial score (nSPS) is 13.9. The van der Waals surface area contributed by atoms with Crippen molar-refractivity contribution in [3.05, 3.63) is 23.8 Å². The molecule has 4 N–H and O–H groups in total. The molecule has 1 aliphatic heterocycles. The summed E-state index contributed by atoms with van der Waals surface area (Å²) in [6.07, 6.45) is 8.58. The summed E-state index contributed by atoms with van der Waals surface area (Å²) < 4.78 is 4.94. The predicted molar refractivity (Wildman–Crippen MR) is 83.2 cm³/mol. The predicted octanol–water partition coefficient (Wildman–Crippen LogP) is 3.77. The van der Waals surface area contributed by atoms with E-state index in [-0.39, 0.29) is 0 Å². The van der Waals surface area contributed by atoms with Crippen molar-refractivity contribution in [3.63, 3.8) is 0 Å². The zero-order chi connectivity index (χ0) is 13.9. The molecule has 0 aliphatic carbocycles. The lowest BCUT2D eigenvalue weighted by molar-refractivity contribution is 0.198. The third-order valence-corrected chi connectivity index (χ3v) is 3.36. The summed E-state index contributed by atoms with van der Waals surface area (Å²) in [7, 11) is 0. The van der Waals surface area contributed by atoms with Gasteiger partial charge in [0, 0.05) is 24.6 Å². The van der Waals surface area contributed by atoms with Crippen LogP contribution in [0.2, 0.25) is 0 Å². The third kappa shape index (κ3) is 6.48. The van der Waals surface area contributed by atoms with Crippen LogP contribution in [0.1, 0.15) is 51.0 Å². The van der Waals surface area contributed by atoms with E-state index >= 15 is 0 Å². The number of nitrogen functional groups attached to an aromatic ring is 2. The van der Waals surface area contributed by atoms with Gasteiger partial charge in [-0.15, -0.1) is 0 Å². The Hall–Kier alpha value is -1.22. The first-order valence-corrected chi connectivity index (χ1v) is 7.46. The van der Waals surface area contributed by atoms with Gasteiger partial charge >= 0.3 is 0 Å². The van der Waals surface area contributed by atoms with Gasteiger partial charge in [-0.2, -0.15) is 0 Å². The second kappa shape index (κ2) is 9.68. The fourth-order valence-electron chi connectivity index (χ4n) is 2.15. The van der Waals surface area contributed by atoms with Crippen molar-refractivity contribution >= 4 is 11.4 Å². The number of nitrogens with two attached hydrogens (primary N) is 2. The Labute approximate surface area is 117 Å². The summed E-state index contributed by atoms with van der Waals surface area (Å²) in [5.74, 6) is 0. The summed E-state index contributed by atoms with van der Waals surface area (Å²) in [4.78, 5) is 0. The Balaban J connectivity index is 0.000000300. The minimum absolute atomic E-state index is 0.835. The summed E-state index contributed by atoms with van der Waals surface area (Å²) in [6, 6.07) is 5.75. The Bertz CT molecular complexity index is 321. The first-order chi connectivity index (χ1) is 9.25. The van der Waals surface area contributed by atoms with Gasteiger partial charge in [0.15, 0.2) is 0 Å². The van der Waals surface area contributed by atoms with Crippen molar-refractivity contribution in [2.24, 2.45) is 0 Å². The van der Waals surface area contributed by atoms with Crippen LogP contribution in [0.4, 0.5) is 11.4 Å². The summed E-state index contributed by atoms with van der Waals surface area (Å²) in [6.45, 7) is 4.21. The highest BCUT2D eigenvalue weighted by atomic mass is 16.5. The van der Waals surface area contributed by atoms with Gasteiger partial charge in [-0.25, -0.2) is 0 Å². The van der Waals surface area contributed by atoms with E-state index in [1.165, 1.54) is 38.5 Å². The molecule has 0 atom stereocenters. The molecule has 1 fully saturated rings. The average Bonchev–Trinajstić information content (AvgIpc) is 2.96. The Morgan fingerprint density at radius 2 is 1.63 bits per heavy atom. The van der Waals surface area contributed by atoms with E-state index in [0.29, 0.717) is 0 Å². The quantitative estimate of drug-likeness (QED) is 0.628. The van der Waals surface area contributed by atoms with Crippen LogP contribution in [0.5, 0.6) is 0 Å². The van der Waals surface area contributed by atoms with Gasteiger partial charge in [-0.05, 0) is 43.4 Å². The standard InChI is InChI=1S/C12H20N2.C4H8O/c1-2-3-4-5-7-10-11(13)8-6-9-12(10)14;1-2-4-5-3-1/h6,8-9H,2-5,7,13-14H2,1H3;1-4H2. The smallest absolute Gasteiger partial charge is 0.0466 e. The van der Waals surface area contributed by atoms with E-state index in [4.69, 9.17) is 16.2 Å². The Morgan fingerprint density at radius 3 is 2.11 bits per heavy atom. The zero-order valence-electron chi connectivity index (χ0n) is 12.2. The van der Waals surface area contributed by atoms with Crippen LogP contribution in [0.3, 0.4) is 0 Å². The second-order valence-electron chi connectivity index (χ2n) is 5.05. The summed E-state index contributed by atoms with van der Waals surface area (Å²) >= 11 is 0. The number of hydrogen-bond donors (Lipinski definition) is 2.